The fourth-order valence-corrected chi connectivity index (χ4v) is 2.52. The standard InChI is InChI=1S/C15H25N3O/c1-4-7-17-14-9-16-10-15(18-14)19-13-6-5-11(2)12(3)8-13/h9-13H,4-8H2,1-3H3,(H,17,18). The maximum Gasteiger partial charge on any atom is 0.234 e. The van der Waals surface area contributed by atoms with Crippen molar-refractivity contribution in [3.63, 3.8) is 0 Å². The molecule has 4 nitrogen and oxygen atoms in total. The zero-order valence-corrected chi connectivity index (χ0v) is 12.2. The number of rotatable bonds is 5. The number of nitrogens with zero attached hydrogens (tertiary/aromatic N) is 2. The van der Waals surface area contributed by atoms with Crippen LogP contribution in [0, 0.1) is 11.8 Å². The Kier molecular flexibility index (Phi) is 5.00. The third-order valence-electron chi connectivity index (χ3n) is 4.01. The molecule has 1 aliphatic carbocycles. The summed E-state index contributed by atoms with van der Waals surface area (Å²) in [5.74, 6) is 2.99. The Balaban J connectivity index is 1.91. The van der Waals surface area contributed by atoms with Gasteiger partial charge >= 0.3 is 0 Å². The second kappa shape index (κ2) is 6.73. The molecule has 0 amide bonds. The van der Waals surface area contributed by atoms with Crippen LogP contribution >= 0.6 is 0 Å². The van der Waals surface area contributed by atoms with E-state index in [4.69, 9.17) is 4.74 Å². The molecule has 0 aliphatic heterocycles. The SMILES string of the molecule is CCCNc1cncc(OC2CCC(C)C(C)C2)n1. The van der Waals surface area contributed by atoms with Crippen LogP contribution in [0.5, 0.6) is 5.88 Å². The summed E-state index contributed by atoms with van der Waals surface area (Å²) in [6.07, 6.45) is 8.31. The molecule has 1 aromatic heterocycles. The minimum absolute atomic E-state index is 0.293. The molecule has 1 aromatic rings. The molecule has 0 spiro atoms. The topological polar surface area (TPSA) is 47.0 Å². The Morgan fingerprint density at radius 3 is 2.84 bits per heavy atom. The van der Waals surface area contributed by atoms with E-state index in [9.17, 15) is 0 Å². The number of nitrogens with one attached hydrogen (secondary N) is 1. The van der Waals surface area contributed by atoms with Crippen molar-refractivity contribution in [2.24, 2.45) is 11.8 Å². The fourth-order valence-electron chi connectivity index (χ4n) is 2.52. The van der Waals surface area contributed by atoms with Gasteiger partial charge in [-0.15, -0.1) is 0 Å². The van der Waals surface area contributed by atoms with Gasteiger partial charge in [0.2, 0.25) is 5.88 Å². The summed E-state index contributed by atoms with van der Waals surface area (Å²) in [5.41, 5.74) is 0. The normalized spacial score (nSPS) is 27.0. The first kappa shape index (κ1) is 14.1. The molecule has 4 heteroatoms. The van der Waals surface area contributed by atoms with E-state index < -0.39 is 0 Å². The summed E-state index contributed by atoms with van der Waals surface area (Å²) in [6, 6.07) is 0. The van der Waals surface area contributed by atoms with Crippen molar-refractivity contribution in [2.75, 3.05) is 11.9 Å². The van der Waals surface area contributed by atoms with Crippen LogP contribution in [0.1, 0.15) is 46.5 Å². The zero-order chi connectivity index (χ0) is 13.7. The Morgan fingerprint density at radius 1 is 1.26 bits per heavy atom. The van der Waals surface area contributed by atoms with Crippen LogP contribution < -0.4 is 10.1 Å². The Hall–Kier alpha value is -1.32. The highest BCUT2D eigenvalue weighted by Crippen LogP contribution is 2.31. The zero-order valence-electron chi connectivity index (χ0n) is 12.2. The van der Waals surface area contributed by atoms with Gasteiger partial charge in [0.25, 0.3) is 0 Å². The monoisotopic (exact) mass is 263 g/mol. The number of hydrogen-bond acceptors (Lipinski definition) is 4. The van der Waals surface area contributed by atoms with Gasteiger partial charge in [0, 0.05) is 6.54 Å². The van der Waals surface area contributed by atoms with E-state index in [1.54, 1.807) is 12.4 Å². The van der Waals surface area contributed by atoms with Crippen LogP contribution in [0.15, 0.2) is 12.4 Å². The first-order valence-electron chi connectivity index (χ1n) is 7.41. The molecule has 1 N–H and O–H groups in total. The Morgan fingerprint density at radius 2 is 2.11 bits per heavy atom. The van der Waals surface area contributed by atoms with Gasteiger partial charge in [-0.2, -0.15) is 4.98 Å². The largest absolute Gasteiger partial charge is 0.473 e. The van der Waals surface area contributed by atoms with Crippen LogP contribution in [-0.2, 0) is 0 Å². The predicted molar refractivity (Wildman–Crippen MR) is 77.4 cm³/mol. The lowest BCUT2D eigenvalue weighted by molar-refractivity contribution is 0.0962. The molecular weight excluding hydrogens is 238 g/mol. The van der Waals surface area contributed by atoms with E-state index in [-0.39, 0.29) is 0 Å². The summed E-state index contributed by atoms with van der Waals surface area (Å²) < 4.78 is 5.98. The van der Waals surface area contributed by atoms with E-state index in [1.807, 2.05) is 0 Å². The fraction of sp³-hybridized carbons (Fsp3) is 0.733. The van der Waals surface area contributed by atoms with Crippen molar-refractivity contribution >= 4 is 5.82 Å². The number of anilines is 1. The van der Waals surface area contributed by atoms with Crippen LogP contribution in [0.3, 0.4) is 0 Å². The van der Waals surface area contributed by atoms with Crippen LogP contribution in [0.4, 0.5) is 5.82 Å². The van der Waals surface area contributed by atoms with Crippen molar-refractivity contribution in [1.29, 1.82) is 0 Å². The Labute approximate surface area is 116 Å². The van der Waals surface area contributed by atoms with Gasteiger partial charge in [-0.05, 0) is 37.5 Å². The molecule has 0 aromatic carbocycles. The Bertz CT molecular complexity index is 397. The van der Waals surface area contributed by atoms with E-state index in [2.05, 4.69) is 36.1 Å². The second-order valence-electron chi connectivity index (χ2n) is 5.68. The van der Waals surface area contributed by atoms with Crippen molar-refractivity contribution in [3.05, 3.63) is 12.4 Å². The molecule has 3 atom stereocenters. The molecule has 1 aliphatic rings. The van der Waals surface area contributed by atoms with Crippen LogP contribution in [0.2, 0.25) is 0 Å². The molecule has 3 unspecified atom stereocenters. The molecule has 1 saturated carbocycles. The van der Waals surface area contributed by atoms with Gasteiger partial charge in [0.15, 0.2) is 0 Å². The van der Waals surface area contributed by atoms with Gasteiger partial charge in [0.05, 0.1) is 12.4 Å². The van der Waals surface area contributed by atoms with E-state index in [0.29, 0.717) is 12.0 Å². The van der Waals surface area contributed by atoms with Gasteiger partial charge in [-0.1, -0.05) is 20.8 Å². The highest BCUT2D eigenvalue weighted by atomic mass is 16.5. The average Bonchev–Trinajstić information content (AvgIpc) is 2.41. The van der Waals surface area contributed by atoms with Gasteiger partial charge in [0.1, 0.15) is 11.9 Å². The summed E-state index contributed by atoms with van der Waals surface area (Å²) in [4.78, 5) is 8.64. The molecular formula is C15H25N3O. The first-order chi connectivity index (χ1) is 9.19. The molecule has 1 fully saturated rings. The van der Waals surface area contributed by atoms with E-state index in [1.165, 1.54) is 6.42 Å². The lowest BCUT2D eigenvalue weighted by atomic mass is 9.80. The molecule has 1 heterocycles. The van der Waals surface area contributed by atoms with Gasteiger partial charge in [-0.25, -0.2) is 0 Å². The van der Waals surface area contributed by atoms with Crippen molar-refractivity contribution in [3.8, 4) is 5.88 Å². The maximum absolute atomic E-state index is 5.98. The molecule has 106 valence electrons. The van der Waals surface area contributed by atoms with Crippen molar-refractivity contribution in [1.82, 2.24) is 9.97 Å². The average molecular weight is 263 g/mol. The molecule has 2 rings (SSSR count). The minimum Gasteiger partial charge on any atom is -0.473 e. The lowest BCUT2D eigenvalue weighted by Gasteiger charge is -2.31. The third-order valence-corrected chi connectivity index (χ3v) is 4.01. The number of aromatic nitrogens is 2. The lowest BCUT2D eigenvalue weighted by Crippen LogP contribution is -2.29. The summed E-state index contributed by atoms with van der Waals surface area (Å²) >= 11 is 0. The molecule has 0 saturated heterocycles. The summed E-state index contributed by atoms with van der Waals surface area (Å²) in [6.45, 7) is 7.68. The highest BCUT2D eigenvalue weighted by Gasteiger charge is 2.26. The molecule has 19 heavy (non-hydrogen) atoms. The summed E-state index contributed by atoms with van der Waals surface area (Å²) in [5, 5.41) is 3.23. The smallest absolute Gasteiger partial charge is 0.234 e. The van der Waals surface area contributed by atoms with Crippen LogP contribution in [0.25, 0.3) is 0 Å². The molecule has 0 radical (unpaired) electrons. The second-order valence-corrected chi connectivity index (χ2v) is 5.68. The minimum atomic E-state index is 0.293. The molecule has 0 bridgehead atoms. The van der Waals surface area contributed by atoms with Crippen molar-refractivity contribution < 1.29 is 4.74 Å². The van der Waals surface area contributed by atoms with Gasteiger partial charge < -0.3 is 10.1 Å². The quantitative estimate of drug-likeness (QED) is 0.883. The van der Waals surface area contributed by atoms with Gasteiger partial charge in [-0.3, -0.25) is 4.98 Å². The third kappa shape index (κ3) is 4.08. The van der Waals surface area contributed by atoms with E-state index in [0.717, 1.165) is 43.5 Å². The first-order valence-corrected chi connectivity index (χ1v) is 7.41. The van der Waals surface area contributed by atoms with E-state index >= 15 is 0 Å². The maximum atomic E-state index is 5.98. The number of hydrogen-bond donors (Lipinski definition) is 1. The predicted octanol–water partition coefficient (Wildman–Crippen LogP) is 3.50. The van der Waals surface area contributed by atoms with Crippen molar-refractivity contribution in [2.45, 2.75) is 52.6 Å². The summed E-state index contributed by atoms with van der Waals surface area (Å²) in [7, 11) is 0. The van der Waals surface area contributed by atoms with Crippen LogP contribution in [-0.4, -0.2) is 22.6 Å². The highest BCUT2D eigenvalue weighted by molar-refractivity contribution is 5.33. The number of ether oxygens (including phenoxy) is 1.